The average Bonchev–Trinajstić information content (AvgIpc) is 3.01. The van der Waals surface area contributed by atoms with Gasteiger partial charge in [-0.25, -0.2) is 0 Å². The van der Waals surface area contributed by atoms with Crippen molar-refractivity contribution in [2.75, 3.05) is 19.6 Å². The highest BCUT2D eigenvalue weighted by molar-refractivity contribution is 9.10. The maximum atomic E-state index is 12.8. The third-order valence-electron chi connectivity index (χ3n) is 4.80. The molecule has 0 saturated carbocycles. The van der Waals surface area contributed by atoms with Crippen LogP contribution in [0.3, 0.4) is 0 Å². The van der Waals surface area contributed by atoms with Gasteiger partial charge in [0.1, 0.15) is 0 Å². The number of carbonyl (C=O) groups is 1. The lowest BCUT2D eigenvalue weighted by molar-refractivity contribution is 0.0711. The van der Waals surface area contributed by atoms with Crippen molar-refractivity contribution in [3.63, 3.8) is 0 Å². The van der Waals surface area contributed by atoms with Crippen molar-refractivity contribution in [2.24, 2.45) is 11.8 Å². The lowest BCUT2D eigenvalue weighted by atomic mass is 9.93. The first-order valence-corrected chi connectivity index (χ1v) is 8.19. The Morgan fingerprint density at radius 1 is 1.45 bits per heavy atom. The molecule has 3 nitrogen and oxygen atoms in total. The largest absolute Gasteiger partial charge is 0.335 e. The maximum Gasteiger partial charge on any atom is 0.254 e. The summed E-state index contributed by atoms with van der Waals surface area (Å²) in [4.78, 5) is 14.9. The van der Waals surface area contributed by atoms with E-state index in [0.717, 1.165) is 41.7 Å². The van der Waals surface area contributed by atoms with Crippen LogP contribution in [0, 0.1) is 18.8 Å². The van der Waals surface area contributed by atoms with Crippen LogP contribution in [0.15, 0.2) is 22.7 Å². The number of aryl methyl sites for hydroxylation is 1. The second-order valence-corrected chi connectivity index (χ2v) is 6.83. The standard InChI is InChI=1S/C16H21BrN2O/c1-3-15-13-8-18-7-12(13)9-19(15)16(20)11-4-5-14(17)10(2)6-11/h4-6,12-13,15,18H,3,7-9H2,1-2H3. The Morgan fingerprint density at radius 3 is 2.95 bits per heavy atom. The summed E-state index contributed by atoms with van der Waals surface area (Å²) < 4.78 is 1.06. The smallest absolute Gasteiger partial charge is 0.254 e. The van der Waals surface area contributed by atoms with Gasteiger partial charge in [-0.3, -0.25) is 4.79 Å². The number of benzene rings is 1. The second kappa shape index (κ2) is 5.49. The van der Waals surface area contributed by atoms with Crippen molar-refractivity contribution in [2.45, 2.75) is 26.3 Å². The highest BCUT2D eigenvalue weighted by atomic mass is 79.9. The van der Waals surface area contributed by atoms with Crippen LogP contribution in [0.4, 0.5) is 0 Å². The Kier molecular flexibility index (Phi) is 3.87. The molecule has 3 atom stereocenters. The van der Waals surface area contributed by atoms with Crippen molar-refractivity contribution >= 4 is 21.8 Å². The molecular weight excluding hydrogens is 316 g/mol. The fourth-order valence-electron chi connectivity index (χ4n) is 3.72. The van der Waals surface area contributed by atoms with Crippen molar-refractivity contribution in [3.05, 3.63) is 33.8 Å². The molecule has 0 spiro atoms. The molecule has 0 aromatic heterocycles. The number of likely N-dealkylation sites (tertiary alicyclic amines) is 1. The first kappa shape index (κ1) is 14.1. The van der Waals surface area contributed by atoms with Gasteiger partial charge in [0.15, 0.2) is 0 Å². The van der Waals surface area contributed by atoms with Crippen LogP contribution < -0.4 is 5.32 Å². The van der Waals surface area contributed by atoms with E-state index in [0.29, 0.717) is 17.9 Å². The van der Waals surface area contributed by atoms with Gasteiger partial charge in [0.25, 0.3) is 5.91 Å². The highest BCUT2D eigenvalue weighted by Crippen LogP contribution is 2.35. The van der Waals surface area contributed by atoms with Gasteiger partial charge in [-0.1, -0.05) is 22.9 Å². The molecule has 2 aliphatic heterocycles. The molecule has 2 heterocycles. The summed E-state index contributed by atoms with van der Waals surface area (Å²) >= 11 is 3.49. The SMILES string of the molecule is CCC1C2CNCC2CN1C(=O)c1ccc(Br)c(C)c1. The molecule has 20 heavy (non-hydrogen) atoms. The number of rotatable bonds is 2. The molecule has 1 N–H and O–H groups in total. The number of hydrogen-bond donors (Lipinski definition) is 1. The number of carbonyl (C=O) groups excluding carboxylic acids is 1. The van der Waals surface area contributed by atoms with Crippen molar-refractivity contribution < 1.29 is 4.79 Å². The summed E-state index contributed by atoms with van der Waals surface area (Å²) in [5.41, 5.74) is 1.93. The van der Waals surface area contributed by atoms with E-state index < -0.39 is 0 Å². The van der Waals surface area contributed by atoms with E-state index in [1.807, 2.05) is 25.1 Å². The highest BCUT2D eigenvalue weighted by Gasteiger charge is 2.45. The lowest BCUT2D eigenvalue weighted by Gasteiger charge is -2.27. The Balaban J connectivity index is 1.84. The molecule has 1 amide bonds. The van der Waals surface area contributed by atoms with E-state index in [4.69, 9.17) is 0 Å². The Labute approximate surface area is 128 Å². The molecule has 1 aromatic rings. The van der Waals surface area contributed by atoms with Crippen LogP contribution in [0.2, 0.25) is 0 Å². The molecule has 4 heteroatoms. The van der Waals surface area contributed by atoms with Crippen LogP contribution in [-0.2, 0) is 0 Å². The third-order valence-corrected chi connectivity index (χ3v) is 5.69. The zero-order chi connectivity index (χ0) is 14.3. The number of fused-ring (bicyclic) bond motifs is 1. The van der Waals surface area contributed by atoms with Gasteiger partial charge in [0.05, 0.1) is 0 Å². The monoisotopic (exact) mass is 336 g/mol. The number of hydrogen-bond acceptors (Lipinski definition) is 2. The maximum absolute atomic E-state index is 12.8. The molecule has 0 radical (unpaired) electrons. The average molecular weight is 337 g/mol. The fourth-order valence-corrected chi connectivity index (χ4v) is 3.97. The van der Waals surface area contributed by atoms with Crippen LogP contribution in [0.1, 0.15) is 29.3 Å². The van der Waals surface area contributed by atoms with Gasteiger partial charge in [0.2, 0.25) is 0 Å². The van der Waals surface area contributed by atoms with E-state index in [1.54, 1.807) is 0 Å². The molecule has 2 aliphatic rings. The normalized spacial score (nSPS) is 28.8. The third kappa shape index (κ3) is 2.29. The number of nitrogens with one attached hydrogen (secondary N) is 1. The minimum absolute atomic E-state index is 0.196. The van der Waals surface area contributed by atoms with Gasteiger partial charge in [0, 0.05) is 35.7 Å². The van der Waals surface area contributed by atoms with Gasteiger partial charge >= 0.3 is 0 Å². The predicted molar refractivity (Wildman–Crippen MR) is 83.8 cm³/mol. The Morgan fingerprint density at radius 2 is 2.25 bits per heavy atom. The zero-order valence-electron chi connectivity index (χ0n) is 12.0. The fraction of sp³-hybridized carbons (Fsp3) is 0.562. The molecule has 1 aromatic carbocycles. The van der Waals surface area contributed by atoms with Gasteiger partial charge in [-0.05, 0) is 48.9 Å². The van der Waals surface area contributed by atoms with Crippen LogP contribution in [-0.4, -0.2) is 36.5 Å². The molecule has 2 fully saturated rings. The Hall–Kier alpha value is -0.870. The molecule has 3 unspecified atom stereocenters. The van der Waals surface area contributed by atoms with E-state index in [-0.39, 0.29) is 5.91 Å². The van der Waals surface area contributed by atoms with Crippen molar-refractivity contribution in [1.29, 1.82) is 0 Å². The molecular formula is C16H21BrN2O. The lowest BCUT2D eigenvalue weighted by Crippen LogP contribution is -2.39. The molecule has 0 aliphatic carbocycles. The topological polar surface area (TPSA) is 32.3 Å². The van der Waals surface area contributed by atoms with E-state index in [1.165, 1.54) is 0 Å². The van der Waals surface area contributed by atoms with Crippen LogP contribution >= 0.6 is 15.9 Å². The summed E-state index contributed by atoms with van der Waals surface area (Å²) in [5, 5.41) is 3.46. The van der Waals surface area contributed by atoms with E-state index in [9.17, 15) is 4.79 Å². The van der Waals surface area contributed by atoms with Crippen molar-refractivity contribution in [3.8, 4) is 0 Å². The number of halogens is 1. The van der Waals surface area contributed by atoms with Gasteiger partial charge < -0.3 is 10.2 Å². The van der Waals surface area contributed by atoms with E-state index >= 15 is 0 Å². The summed E-state index contributed by atoms with van der Waals surface area (Å²) in [6, 6.07) is 6.29. The molecule has 0 bridgehead atoms. The van der Waals surface area contributed by atoms with Gasteiger partial charge in [-0.15, -0.1) is 0 Å². The van der Waals surface area contributed by atoms with Crippen molar-refractivity contribution in [1.82, 2.24) is 10.2 Å². The number of nitrogens with zero attached hydrogens (tertiary/aromatic N) is 1. The summed E-state index contributed by atoms with van der Waals surface area (Å²) in [5.74, 6) is 1.47. The Bertz CT molecular complexity index is 531. The first-order valence-electron chi connectivity index (χ1n) is 7.39. The summed E-state index contributed by atoms with van der Waals surface area (Å²) in [6.07, 6.45) is 1.05. The predicted octanol–water partition coefficient (Wildman–Crippen LogP) is 2.83. The van der Waals surface area contributed by atoms with E-state index in [2.05, 4.69) is 33.1 Å². The molecule has 108 valence electrons. The summed E-state index contributed by atoms with van der Waals surface area (Å²) in [6.45, 7) is 7.25. The quantitative estimate of drug-likeness (QED) is 0.900. The zero-order valence-corrected chi connectivity index (χ0v) is 13.6. The molecule has 2 saturated heterocycles. The minimum Gasteiger partial charge on any atom is -0.335 e. The summed E-state index contributed by atoms with van der Waals surface area (Å²) in [7, 11) is 0. The van der Waals surface area contributed by atoms with Crippen LogP contribution in [0.25, 0.3) is 0 Å². The first-order chi connectivity index (χ1) is 9.61. The van der Waals surface area contributed by atoms with Gasteiger partial charge in [-0.2, -0.15) is 0 Å². The van der Waals surface area contributed by atoms with Crippen LogP contribution in [0.5, 0.6) is 0 Å². The second-order valence-electron chi connectivity index (χ2n) is 5.98. The number of amides is 1. The molecule has 3 rings (SSSR count). The minimum atomic E-state index is 0.196.